The van der Waals surface area contributed by atoms with Crippen LogP contribution < -0.4 is 11.1 Å². The summed E-state index contributed by atoms with van der Waals surface area (Å²) < 4.78 is 0. The molecule has 0 aliphatic carbocycles. The Morgan fingerprint density at radius 1 is 0.909 bits per heavy atom. The fourth-order valence-corrected chi connectivity index (χ4v) is 1.88. The minimum Gasteiger partial charge on any atom is -0.399 e. The SMILES string of the molecule is Nc1ccc(N=Nc2ccc(NC(CO)CCO)cc2)cc1. The number of nitrogens with one attached hydrogen (secondary N) is 1. The minimum atomic E-state index is -0.160. The second-order valence-corrected chi connectivity index (χ2v) is 4.87. The van der Waals surface area contributed by atoms with Crippen molar-refractivity contribution in [3.05, 3.63) is 48.5 Å². The van der Waals surface area contributed by atoms with Gasteiger partial charge in [-0.15, -0.1) is 0 Å². The number of nitrogen functional groups attached to an aromatic ring is 1. The number of benzene rings is 2. The Bertz CT molecular complexity index is 597. The normalized spacial score (nSPS) is 12.5. The van der Waals surface area contributed by atoms with E-state index in [4.69, 9.17) is 10.8 Å². The van der Waals surface area contributed by atoms with Crippen LogP contribution in [0.1, 0.15) is 6.42 Å². The van der Waals surface area contributed by atoms with Crippen molar-refractivity contribution < 1.29 is 10.2 Å². The molecule has 0 radical (unpaired) electrons. The van der Waals surface area contributed by atoms with Crippen molar-refractivity contribution in [2.75, 3.05) is 24.3 Å². The Balaban J connectivity index is 1.98. The Labute approximate surface area is 129 Å². The molecule has 1 atom stereocenters. The molecule has 5 N–H and O–H groups in total. The van der Waals surface area contributed by atoms with E-state index in [1.54, 1.807) is 24.3 Å². The average molecular weight is 300 g/mol. The molecule has 2 rings (SSSR count). The van der Waals surface area contributed by atoms with Gasteiger partial charge in [-0.3, -0.25) is 0 Å². The molecule has 0 aromatic heterocycles. The first-order chi connectivity index (χ1) is 10.7. The van der Waals surface area contributed by atoms with Gasteiger partial charge in [-0.25, -0.2) is 0 Å². The third-order valence-electron chi connectivity index (χ3n) is 3.11. The highest BCUT2D eigenvalue weighted by atomic mass is 16.3. The molecule has 0 aliphatic heterocycles. The smallest absolute Gasteiger partial charge is 0.0858 e. The van der Waals surface area contributed by atoms with E-state index in [9.17, 15) is 5.11 Å². The van der Waals surface area contributed by atoms with Crippen LogP contribution in [0, 0.1) is 0 Å². The van der Waals surface area contributed by atoms with Gasteiger partial charge in [0.1, 0.15) is 0 Å². The van der Waals surface area contributed by atoms with Gasteiger partial charge >= 0.3 is 0 Å². The second kappa shape index (κ2) is 8.11. The minimum absolute atomic E-state index is 0.0286. The molecule has 2 aromatic carbocycles. The maximum Gasteiger partial charge on any atom is 0.0858 e. The molecule has 0 heterocycles. The number of aliphatic hydroxyl groups excluding tert-OH is 2. The Kier molecular flexibility index (Phi) is 5.88. The van der Waals surface area contributed by atoms with Crippen LogP contribution in [-0.4, -0.2) is 29.5 Å². The van der Waals surface area contributed by atoms with Crippen LogP contribution in [0.5, 0.6) is 0 Å². The first-order valence-corrected chi connectivity index (χ1v) is 7.07. The third-order valence-corrected chi connectivity index (χ3v) is 3.11. The predicted octanol–water partition coefficient (Wildman–Crippen LogP) is 2.84. The van der Waals surface area contributed by atoms with Crippen molar-refractivity contribution >= 4 is 22.7 Å². The number of hydrogen-bond acceptors (Lipinski definition) is 6. The number of anilines is 2. The summed E-state index contributed by atoms with van der Waals surface area (Å²) in [6.07, 6.45) is 0.495. The van der Waals surface area contributed by atoms with Crippen LogP contribution in [-0.2, 0) is 0 Å². The van der Waals surface area contributed by atoms with Crippen LogP contribution in [0.2, 0.25) is 0 Å². The average Bonchev–Trinajstić information content (AvgIpc) is 2.55. The van der Waals surface area contributed by atoms with E-state index in [0.717, 1.165) is 17.1 Å². The maximum atomic E-state index is 9.19. The molecule has 0 saturated carbocycles. The Morgan fingerprint density at radius 3 is 1.95 bits per heavy atom. The van der Waals surface area contributed by atoms with Gasteiger partial charge in [-0.1, -0.05) is 0 Å². The van der Waals surface area contributed by atoms with Crippen LogP contribution in [0.3, 0.4) is 0 Å². The standard InChI is InChI=1S/C16H20N4O2/c17-12-1-3-14(4-2-12)19-20-15-7-5-13(6-8-15)18-16(11-22)9-10-21/h1-8,16,18,21-22H,9-11,17H2. The maximum absolute atomic E-state index is 9.19. The number of nitrogens with zero attached hydrogens (tertiary/aromatic N) is 2. The summed E-state index contributed by atoms with van der Waals surface area (Å²) in [5.74, 6) is 0. The van der Waals surface area contributed by atoms with Crippen molar-refractivity contribution in [1.82, 2.24) is 0 Å². The van der Waals surface area contributed by atoms with Crippen LogP contribution >= 0.6 is 0 Å². The van der Waals surface area contributed by atoms with Crippen molar-refractivity contribution in [3.8, 4) is 0 Å². The topological polar surface area (TPSA) is 103 Å². The molecule has 0 saturated heterocycles. The summed E-state index contributed by atoms with van der Waals surface area (Å²) in [6.45, 7) is 0.00523. The van der Waals surface area contributed by atoms with Crippen molar-refractivity contribution in [1.29, 1.82) is 0 Å². The van der Waals surface area contributed by atoms with Gasteiger partial charge in [0, 0.05) is 18.0 Å². The summed E-state index contributed by atoms with van der Waals surface area (Å²) in [4.78, 5) is 0. The Morgan fingerprint density at radius 2 is 1.45 bits per heavy atom. The number of aliphatic hydroxyl groups is 2. The summed E-state index contributed by atoms with van der Waals surface area (Å²) in [5, 5.41) is 29.5. The quantitative estimate of drug-likeness (QED) is 0.466. The zero-order valence-corrected chi connectivity index (χ0v) is 12.2. The van der Waals surface area contributed by atoms with Gasteiger partial charge < -0.3 is 21.3 Å². The van der Waals surface area contributed by atoms with E-state index < -0.39 is 0 Å². The molecular weight excluding hydrogens is 280 g/mol. The van der Waals surface area contributed by atoms with E-state index in [-0.39, 0.29) is 19.3 Å². The molecule has 6 nitrogen and oxygen atoms in total. The monoisotopic (exact) mass is 300 g/mol. The summed E-state index contributed by atoms with van der Waals surface area (Å²) in [6, 6.07) is 14.4. The summed E-state index contributed by atoms with van der Waals surface area (Å²) in [5.41, 5.74) is 8.62. The van der Waals surface area contributed by atoms with Gasteiger partial charge in [0.15, 0.2) is 0 Å². The molecule has 0 bridgehead atoms. The number of hydrogen-bond donors (Lipinski definition) is 4. The lowest BCUT2D eigenvalue weighted by atomic mass is 10.2. The number of rotatable bonds is 7. The molecule has 22 heavy (non-hydrogen) atoms. The van der Waals surface area contributed by atoms with Crippen LogP contribution in [0.15, 0.2) is 58.8 Å². The number of azo groups is 1. The lowest BCUT2D eigenvalue weighted by Gasteiger charge is -2.16. The molecule has 0 amide bonds. The van der Waals surface area contributed by atoms with Crippen molar-refractivity contribution in [2.24, 2.45) is 10.2 Å². The zero-order valence-electron chi connectivity index (χ0n) is 12.2. The molecule has 0 aliphatic rings. The van der Waals surface area contributed by atoms with Gasteiger partial charge in [0.2, 0.25) is 0 Å². The van der Waals surface area contributed by atoms with Gasteiger partial charge in [-0.05, 0) is 55.0 Å². The van der Waals surface area contributed by atoms with E-state index in [1.165, 1.54) is 0 Å². The van der Waals surface area contributed by atoms with Gasteiger partial charge in [0.25, 0.3) is 0 Å². The van der Waals surface area contributed by atoms with Crippen LogP contribution in [0.4, 0.5) is 22.7 Å². The first kappa shape index (κ1) is 15.9. The Hall–Kier alpha value is -2.44. The summed E-state index contributed by atoms with van der Waals surface area (Å²) in [7, 11) is 0. The fourth-order valence-electron chi connectivity index (χ4n) is 1.88. The van der Waals surface area contributed by atoms with E-state index in [1.807, 2.05) is 24.3 Å². The molecule has 0 fully saturated rings. The van der Waals surface area contributed by atoms with Crippen molar-refractivity contribution in [2.45, 2.75) is 12.5 Å². The zero-order chi connectivity index (χ0) is 15.8. The fraction of sp³-hybridized carbons (Fsp3) is 0.250. The highest BCUT2D eigenvalue weighted by Crippen LogP contribution is 2.21. The van der Waals surface area contributed by atoms with Crippen LogP contribution in [0.25, 0.3) is 0 Å². The van der Waals surface area contributed by atoms with Gasteiger partial charge in [0.05, 0.1) is 24.0 Å². The lowest BCUT2D eigenvalue weighted by Crippen LogP contribution is -2.24. The molecule has 2 aromatic rings. The van der Waals surface area contributed by atoms with E-state index >= 15 is 0 Å². The first-order valence-electron chi connectivity index (χ1n) is 7.07. The van der Waals surface area contributed by atoms with E-state index in [0.29, 0.717) is 12.1 Å². The number of nitrogens with two attached hydrogens (primary N) is 1. The second-order valence-electron chi connectivity index (χ2n) is 4.87. The molecular formula is C16H20N4O2. The highest BCUT2D eigenvalue weighted by molar-refractivity contribution is 5.52. The predicted molar refractivity (Wildman–Crippen MR) is 87.7 cm³/mol. The molecule has 116 valence electrons. The summed E-state index contributed by atoms with van der Waals surface area (Å²) >= 11 is 0. The molecule has 6 heteroatoms. The molecule has 0 spiro atoms. The largest absolute Gasteiger partial charge is 0.399 e. The molecule has 1 unspecified atom stereocenters. The van der Waals surface area contributed by atoms with Crippen molar-refractivity contribution in [3.63, 3.8) is 0 Å². The lowest BCUT2D eigenvalue weighted by molar-refractivity contribution is 0.229. The highest BCUT2D eigenvalue weighted by Gasteiger charge is 2.05. The van der Waals surface area contributed by atoms with Gasteiger partial charge in [-0.2, -0.15) is 10.2 Å². The third kappa shape index (κ3) is 4.83. The van der Waals surface area contributed by atoms with E-state index in [2.05, 4.69) is 15.5 Å².